The van der Waals surface area contributed by atoms with Gasteiger partial charge in [-0.15, -0.1) is 0 Å². The predicted molar refractivity (Wildman–Crippen MR) is 66.1 cm³/mol. The maximum absolute atomic E-state index is 12.0. The summed E-state index contributed by atoms with van der Waals surface area (Å²) in [6.07, 6.45) is 2.11. The summed E-state index contributed by atoms with van der Waals surface area (Å²) >= 11 is 5.84. The van der Waals surface area contributed by atoms with Crippen molar-refractivity contribution < 1.29 is 13.5 Å². The van der Waals surface area contributed by atoms with Gasteiger partial charge in [-0.3, -0.25) is 0 Å². The second-order valence-corrected chi connectivity index (χ2v) is 4.26. The molecule has 17 heavy (non-hydrogen) atoms. The molecule has 0 spiro atoms. The molecule has 0 saturated heterocycles. The lowest BCUT2D eigenvalue weighted by molar-refractivity contribution is -0.0497. The smallest absolute Gasteiger partial charge is 0.387 e. The summed E-state index contributed by atoms with van der Waals surface area (Å²) in [5, 5.41) is 3.42. The van der Waals surface area contributed by atoms with Gasteiger partial charge in [-0.25, -0.2) is 0 Å². The van der Waals surface area contributed by atoms with Crippen molar-refractivity contribution in [3.63, 3.8) is 0 Å². The Balaban J connectivity index is 2.68. The Morgan fingerprint density at radius 1 is 1.41 bits per heavy atom. The molecule has 0 aliphatic rings. The predicted octanol–water partition coefficient (Wildman–Crippen LogP) is 4.54. The van der Waals surface area contributed by atoms with E-state index in [1.807, 2.05) is 0 Å². The quantitative estimate of drug-likeness (QED) is 0.813. The van der Waals surface area contributed by atoms with Gasteiger partial charge < -0.3 is 10.1 Å². The summed E-state index contributed by atoms with van der Waals surface area (Å²) in [6, 6.07) is 5.02. The van der Waals surface area contributed by atoms with Crippen LogP contribution in [0.5, 0.6) is 5.75 Å². The molecule has 1 rings (SSSR count). The van der Waals surface area contributed by atoms with E-state index < -0.39 is 6.61 Å². The van der Waals surface area contributed by atoms with Crippen molar-refractivity contribution in [3.05, 3.63) is 23.2 Å². The van der Waals surface area contributed by atoms with Crippen LogP contribution in [0.25, 0.3) is 0 Å². The minimum Gasteiger partial charge on any atom is -0.433 e. The van der Waals surface area contributed by atoms with E-state index in [4.69, 9.17) is 11.6 Å². The maximum atomic E-state index is 12.0. The second-order valence-electron chi connectivity index (χ2n) is 3.86. The first-order valence-corrected chi connectivity index (χ1v) is 5.91. The summed E-state index contributed by atoms with van der Waals surface area (Å²) < 4.78 is 28.3. The minimum atomic E-state index is -2.86. The second kappa shape index (κ2) is 6.64. The van der Waals surface area contributed by atoms with Crippen molar-refractivity contribution in [1.82, 2.24) is 0 Å². The highest BCUT2D eigenvalue weighted by Crippen LogP contribution is 2.29. The van der Waals surface area contributed by atoms with Crippen molar-refractivity contribution in [2.24, 2.45) is 0 Å². The third-order valence-electron chi connectivity index (χ3n) is 2.28. The van der Waals surface area contributed by atoms with Gasteiger partial charge in [-0.2, -0.15) is 8.78 Å². The van der Waals surface area contributed by atoms with E-state index in [0.29, 0.717) is 6.04 Å². The SMILES string of the molecule is CCCC(C)Nc1ccc(OC(F)F)c(Cl)c1. The lowest BCUT2D eigenvalue weighted by Gasteiger charge is -2.15. The van der Waals surface area contributed by atoms with E-state index in [9.17, 15) is 8.78 Å². The van der Waals surface area contributed by atoms with Gasteiger partial charge in [0.1, 0.15) is 5.75 Å². The molecule has 1 unspecified atom stereocenters. The molecule has 0 aromatic heterocycles. The average Bonchev–Trinajstić information content (AvgIpc) is 2.22. The van der Waals surface area contributed by atoms with E-state index in [0.717, 1.165) is 18.5 Å². The van der Waals surface area contributed by atoms with Crippen LogP contribution in [0.1, 0.15) is 26.7 Å². The number of alkyl halides is 2. The molecule has 0 bridgehead atoms. The lowest BCUT2D eigenvalue weighted by atomic mass is 10.2. The van der Waals surface area contributed by atoms with Gasteiger partial charge in [0.15, 0.2) is 0 Å². The number of hydrogen-bond donors (Lipinski definition) is 1. The van der Waals surface area contributed by atoms with Crippen molar-refractivity contribution in [1.29, 1.82) is 0 Å². The first-order chi connectivity index (χ1) is 8.02. The Labute approximate surface area is 105 Å². The molecular weight excluding hydrogens is 248 g/mol. The monoisotopic (exact) mass is 263 g/mol. The number of halogens is 3. The molecule has 0 fully saturated rings. The number of hydrogen-bond acceptors (Lipinski definition) is 2. The molecule has 0 amide bonds. The molecular formula is C12H16ClF2NO. The fourth-order valence-electron chi connectivity index (χ4n) is 1.57. The molecule has 0 aliphatic carbocycles. The Morgan fingerprint density at radius 3 is 2.65 bits per heavy atom. The maximum Gasteiger partial charge on any atom is 0.387 e. The molecule has 0 radical (unpaired) electrons. The van der Waals surface area contributed by atoms with Crippen LogP contribution in [0.15, 0.2) is 18.2 Å². The van der Waals surface area contributed by atoms with E-state index >= 15 is 0 Å². The Hall–Kier alpha value is -1.03. The molecule has 1 aromatic carbocycles. The van der Waals surface area contributed by atoms with Crippen molar-refractivity contribution in [3.8, 4) is 5.75 Å². The lowest BCUT2D eigenvalue weighted by Crippen LogP contribution is -2.14. The molecule has 0 heterocycles. The van der Waals surface area contributed by atoms with Crippen LogP contribution < -0.4 is 10.1 Å². The van der Waals surface area contributed by atoms with Crippen LogP contribution in [-0.2, 0) is 0 Å². The molecule has 2 nitrogen and oxygen atoms in total. The summed E-state index contributed by atoms with van der Waals surface area (Å²) in [6.45, 7) is 1.30. The summed E-state index contributed by atoms with van der Waals surface area (Å²) in [5.74, 6) is -0.00430. The molecule has 1 aromatic rings. The Kier molecular flexibility index (Phi) is 5.48. The van der Waals surface area contributed by atoms with Gasteiger partial charge in [0.25, 0.3) is 0 Å². The zero-order valence-corrected chi connectivity index (χ0v) is 10.6. The van der Waals surface area contributed by atoms with Gasteiger partial charge in [-0.1, -0.05) is 24.9 Å². The van der Waals surface area contributed by atoms with Crippen molar-refractivity contribution in [2.75, 3.05) is 5.32 Å². The Bertz CT molecular complexity index is 360. The zero-order chi connectivity index (χ0) is 12.8. The zero-order valence-electron chi connectivity index (χ0n) is 9.84. The van der Waals surface area contributed by atoms with Crippen molar-refractivity contribution in [2.45, 2.75) is 39.3 Å². The van der Waals surface area contributed by atoms with Gasteiger partial charge in [0.05, 0.1) is 5.02 Å². The van der Waals surface area contributed by atoms with E-state index in [1.54, 1.807) is 12.1 Å². The van der Waals surface area contributed by atoms with Gasteiger partial charge in [0.2, 0.25) is 0 Å². The van der Waals surface area contributed by atoms with Crippen LogP contribution in [0.2, 0.25) is 5.02 Å². The molecule has 0 aliphatic heterocycles. The van der Waals surface area contributed by atoms with E-state index in [-0.39, 0.29) is 10.8 Å². The summed E-state index contributed by atoms with van der Waals surface area (Å²) in [5.41, 5.74) is 0.803. The number of ether oxygens (including phenoxy) is 1. The fourth-order valence-corrected chi connectivity index (χ4v) is 1.80. The molecule has 1 atom stereocenters. The number of anilines is 1. The van der Waals surface area contributed by atoms with Gasteiger partial charge in [-0.05, 0) is 31.5 Å². The van der Waals surface area contributed by atoms with Gasteiger partial charge in [0, 0.05) is 11.7 Å². The highest BCUT2D eigenvalue weighted by molar-refractivity contribution is 6.32. The highest BCUT2D eigenvalue weighted by Gasteiger charge is 2.09. The highest BCUT2D eigenvalue weighted by atomic mass is 35.5. The number of rotatable bonds is 6. The van der Waals surface area contributed by atoms with Crippen LogP contribution in [0.4, 0.5) is 14.5 Å². The third-order valence-corrected chi connectivity index (χ3v) is 2.58. The van der Waals surface area contributed by atoms with Crippen molar-refractivity contribution >= 4 is 17.3 Å². The molecule has 96 valence electrons. The average molecular weight is 264 g/mol. The fraction of sp³-hybridized carbons (Fsp3) is 0.500. The summed E-state index contributed by atoms with van der Waals surface area (Å²) in [4.78, 5) is 0. The molecule has 5 heteroatoms. The Morgan fingerprint density at radius 2 is 2.12 bits per heavy atom. The van der Waals surface area contributed by atoms with Crippen LogP contribution in [-0.4, -0.2) is 12.7 Å². The standard InChI is InChI=1S/C12H16ClF2NO/c1-3-4-8(2)16-9-5-6-11(10(13)7-9)17-12(14)15/h5-8,12,16H,3-4H2,1-2H3. The van der Waals surface area contributed by atoms with Crippen LogP contribution >= 0.6 is 11.6 Å². The normalized spacial score (nSPS) is 12.6. The van der Waals surface area contributed by atoms with Crippen LogP contribution in [0, 0.1) is 0 Å². The topological polar surface area (TPSA) is 21.3 Å². The van der Waals surface area contributed by atoms with Crippen LogP contribution in [0.3, 0.4) is 0 Å². The first kappa shape index (κ1) is 14.0. The number of benzene rings is 1. The van der Waals surface area contributed by atoms with E-state index in [1.165, 1.54) is 6.07 Å². The largest absolute Gasteiger partial charge is 0.433 e. The summed E-state index contributed by atoms with van der Waals surface area (Å²) in [7, 11) is 0. The molecule has 0 saturated carbocycles. The van der Waals surface area contributed by atoms with Gasteiger partial charge >= 0.3 is 6.61 Å². The first-order valence-electron chi connectivity index (χ1n) is 5.53. The number of nitrogens with one attached hydrogen (secondary N) is 1. The third kappa shape index (κ3) is 4.77. The molecule has 1 N–H and O–H groups in total. The van der Waals surface area contributed by atoms with E-state index in [2.05, 4.69) is 23.9 Å². The minimum absolute atomic E-state index is 0.00430.